The third kappa shape index (κ3) is 1.91. The standard InChI is InChI=1S/C11H12BrFN2O/c1-5-6(2)14-9-3-7(12)8(13)4-10(9)15-11(5)16/h3-6,14H,1-2H3,(H,15,16). The number of hydrogen-bond acceptors (Lipinski definition) is 2. The summed E-state index contributed by atoms with van der Waals surface area (Å²) >= 11 is 3.12. The van der Waals surface area contributed by atoms with Crippen LogP contribution in [0.3, 0.4) is 0 Å². The highest BCUT2D eigenvalue weighted by Gasteiger charge is 2.26. The van der Waals surface area contributed by atoms with Gasteiger partial charge in [-0.25, -0.2) is 4.39 Å². The summed E-state index contributed by atoms with van der Waals surface area (Å²) in [5, 5.41) is 5.90. The Labute approximate surface area is 102 Å². The topological polar surface area (TPSA) is 41.1 Å². The lowest BCUT2D eigenvalue weighted by atomic mass is 10.0. The lowest BCUT2D eigenvalue weighted by Gasteiger charge is -2.16. The van der Waals surface area contributed by atoms with E-state index >= 15 is 0 Å². The summed E-state index contributed by atoms with van der Waals surface area (Å²) < 4.78 is 13.7. The molecule has 0 aromatic heterocycles. The zero-order valence-electron chi connectivity index (χ0n) is 8.97. The van der Waals surface area contributed by atoms with Crippen LogP contribution in [0.15, 0.2) is 16.6 Å². The Morgan fingerprint density at radius 1 is 1.31 bits per heavy atom. The van der Waals surface area contributed by atoms with Gasteiger partial charge < -0.3 is 10.6 Å². The zero-order valence-corrected chi connectivity index (χ0v) is 10.6. The fraction of sp³-hybridized carbons (Fsp3) is 0.364. The number of benzene rings is 1. The van der Waals surface area contributed by atoms with Crippen LogP contribution in [-0.2, 0) is 4.79 Å². The molecule has 2 atom stereocenters. The van der Waals surface area contributed by atoms with Crippen LogP contribution in [0, 0.1) is 11.7 Å². The predicted molar refractivity (Wildman–Crippen MR) is 65.0 cm³/mol. The third-order valence-electron chi connectivity index (χ3n) is 2.87. The van der Waals surface area contributed by atoms with Crippen LogP contribution in [-0.4, -0.2) is 11.9 Å². The van der Waals surface area contributed by atoms with Crippen LogP contribution >= 0.6 is 15.9 Å². The Hall–Kier alpha value is -1.10. The van der Waals surface area contributed by atoms with Gasteiger partial charge in [0.05, 0.1) is 21.8 Å². The van der Waals surface area contributed by atoms with Gasteiger partial charge in [0.2, 0.25) is 5.91 Å². The van der Waals surface area contributed by atoms with E-state index in [2.05, 4.69) is 26.6 Å². The molecule has 86 valence electrons. The van der Waals surface area contributed by atoms with E-state index in [-0.39, 0.29) is 23.7 Å². The molecule has 1 amide bonds. The van der Waals surface area contributed by atoms with Gasteiger partial charge in [0.15, 0.2) is 0 Å². The summed E-state index contributed by atoms with van der Waals surface area (Å²) in [5.74, 6) is -0.641. The molecule has 1 aliphatic heterocycles. The van der Waals surface area contributed by atoms with E-state index in [0.717, 1.165) is 5.69 Å². The Balaban J connectivity index is 2.47. The zero-order chi connectivity index (χ0) is 11.9. The fourth-order valence-corrected chi connectivity index (χ4v) is 1.96. The van der Waals surface area contributed by atoms with E-state index in [1.54, 1.807) is 6.07 Å². The summed E-state index contributed by atoms with van der Waals surface area (Å²) in [6, 6.07) is 2.97. The first-order chi connectivity index (χ1) is 7.49. The van der Waals surface area contributed by atoms with Crippen molar-refractivity contribution in [3.8, 4) is 0 Å². The van der Waals surface area contributed by atoms with Crippen molar-refractivity contribution in [2.24, 2.45) is 5.92 Å². The Bertz CT molecular complexity index is 450. The van der Waals surface area contributed by atoms with E-state index in [1.165, 1.54) is 6.07 Å². The molecule has 0 saturated heterocycles. The highest BCUT2D eigenvalue weighted by Crippen LogP contribution is 2.32. The average Bonchev–Trinajstić information content (AvgIpc) is 2.31. The largest absolute Gasteiger partial charge is 0.380 e. The lowest BCUT2D eigenvalue weighted by molar-refractivity contribution is -0.119. The van der Waals surface area contributed by atoms with Gasteiger partial charge in [0, 0.05) is 12.1 Å². The molecule has 2 N–H and O–H groups in total. The van der Waals surface area contributed by atoms with Crippen molar-refractivity contribution < 1.29 is 9.18 Å². The number of rotatable bonds is 0. The van der Waals surface area contributed by atoms with Crippen molar-refractivity contribution >= 4 is 33.2 Å². The summed E-state index contributed by atoms with van der Waals surface area (Å²) in [6.45, 7) is 3.76. The average molecular weight is 287 g/mol. The van der Waals surface area contributed by atoms with Crippen LogP contribution in [0.25, 0.3) is 0 Å². The lowest BCUT2D eigenvalue weighted by Crippen LogP contribution is -2.30. The van der Waals surface area contributed by atoms with Crippen LogP contribution in [0.4, 0.5) is 15.8 Å². The van der Waals surface area contributed by atoms with Gasteiger partial charge in [-0.15, -0.1) is 0 Å². The van der Waals surface area contributed by atoms with Crippen LogP contribution in [0.2, 0.25) is 0 Å². The van der Waals surface area contributed by atoms with Gasteiger partial charge in [-0.05, 0) is 28.9 Å². The van der Waals surface area contributed by atoms with Gasteiger partial charge in [0.1, 0.15) is 5.82 Å². The Morgan fingerprint density at radius 2 is 2.00 bits per heavy atom. The smallest absolute Gasteiger partial charge is 0.229 e. The van der Waals surface area contributed by atoms with Crippen LogP contribution < -0.4 is 10.6 Å². The summed E-state index contributed by atoms with van der Waals surface area (Å²) in [7, 11) is 0. The molecule has 2 rings (SSSR count). The van der Waals surface area contributed by atoms with Gasteiger partial charge in [-0.2, -0.15) is 0 Å². The van der Waals surface area contributed by atoms with Crippen molar-refractivity contribution in [2.45, 2.75) is 19.9 Å². The molecule has 0 fully saturated rings. The molecule has 2 unspecified atom stereocenters. The van der Waals surface area contributed by atoms with E-state index in [1.807, 2.05) is 13.8 Å². The van der Waals surface area contributed by atoms with Crippen molar-refractivity contribution in [2.75, 3.05) is 10.6 Å². The first kappa shape index (κ1) is 11.4. The molecule has 16 heavy (non-hydrogen) atoms. The number of hydrogen-bond donors (Lipinski definition) is 2. The summed E-state index contributed by atoms with van der Waals surface area (Å²) in [4.78, 5) is 11.7. The molecule has 1 aliphatic rings. The first-order valence-electron chi connectivity index (χ1n) is 5.05. The maximum atomic E-state index is 13.3. The number of carbonyl (C=O) groups excluding carboxylic acids is 1. The highest BCUT2D eigenvalue weighted by molar-refractivity contribution is 9.10. The van der Waals surface area contributed by atoms with Crippen molar-refractivity contribution in [1.29, 1.82) is 0 Å². The minimum atomic E-state index is -0.386. The van der Waals surface area contributed by atoms with Crippen molar-refractivity contribution in [1.82, 2.24) is 0 Å². The molecule has 1 aromatic carbocycles. The van der Waals surface area contributed by atoms with Crippen molar-refractivity contribution in [3.63, 3.8) is 0 Å². The summed E-state index contributed by atoms with van der Waals surface area (Å²) in [5.41, 5.74) is 1.22. The first-order valence-corrected chi connectivity index (χ1v) is 5.85. The predicted octanol–water partition coefficient (Wildman–Crippen LogP) is 2.98. The SMILES string of the molecule is CC1Nc2cc(Br)c(F)cc2NC(=O)C1C. The molecule has 0 aliphatic carbocycles. The van der Waals surface area contributed by atoms with Gasteiger partial charge >= 0.3 is 0 Å². The minimum absolute atomic E-state index is 0.0126. The molecule has 0 radical (unpaired) electrons. The molecule has 0 spiro atoms. The molecule has 3 nitrogen and oxygen atoms in total. The second-order valence-corrected chi connectivity index (χ2v) is 4.88. The molecule has 5 heteroatoms. The highest BCUT2D eigenvalue weighted by atomic mass is 79.9. The molecule has 1 heterocycles. The number of carbonyl (C=O) groups is 1. The fourth-order valence-electron chi connectivity index (χ4n) is 1.61. The Kier molecular flexibility index (Phi) is 2.88. The molecular weight excluding hydrogens is 275 g/mol. The quantitative estimate of drug-likeness (QED) is 0.770. The third-order valence-corrected chi connectivity index (χ3v) is 3.47. The van der Waals surface area contributed by atoms with E-state index in [0.29, 0.717) is 10.2 Å². The van der Waals surface area contributed by atoms with E-state index in [4.69, 9.17) is 0 Å². The normalized spacial score (nSPS) is 24.1. The number of nitrogens with one attached hydrogen (secondary N) is 2. The van der Waals surface area contributed by atoms with E-state index in [9.17, 15) is 9.18 Å². The monoisotopic (exact) mass is 286 g/mol. The van der Waals surface area contributed by atoms with Crippen molar-refractivity contribution in [3.05, 3.63) is 22.4 Å². The molecule has 0 saturated carbocycles. The summed E-state index contributed by atoms with van der Waals surface area (Å²) in [6.07, 6.45) is 0. The maximum Gasteiger partial charge on any atom is 0.229 e. The van der Waals surface area contributed by atoms with Crippen LogP contribution in [0.1, 0.15) is 13.8 Å². The van der Waals surface area contributed by atoms with Gasteiger partial charge in [0.25, 0.3) is 0 Å². The van der Waals surface area contributed by atoms with E-state index < -0.39 is 0 Å². The maximum absolute atomic E-state index is 13.3. The number of amides is 1. The van der Waals surface area contributed by atoms with Gasteiger partial charge in [-0.3, -0.25) is 4.79 Å². The molecule has 0 bridgehead atoms. The molecule has 1 aromatic rings. The second-order valence-electron chi connectivity index (χ2n) is 4.02. The molecular formula is C11H12BrFN2O. The van der Waals surface area contributed by atoms with Gasteiger partial charge in [-0.1, -0.05) is 6.92 Å². The van der Waals surface area contributed by atoms with Crippen LogP contribution in [0.5, 0.6) is 0 Å². The second kappa shape index (κ2) is 4.05. The number of halogens is 2. The number of fused-ring (bicyclic) bond motifs is 1. The minimum Gasteiger partial charge on any atom is -0.380 e. The number of anilines is 2. The Morgan fingerprint density at radius 3 is 2.69 bits per heavy atom.